The number of phenols is 1. The molecule has 3 rings (SSSR count). The molecule has 2 N–H and O–H groups in total. The fourth-order valence-corrected chi connectivity index (χ4v) is 3.14. The second kappa shape index (κ2) is 6.50. The summed E-state index contributed by atoms with van der Waals surface area (Å²) in [5.41, 5.74) is 4.78. The first-order valence-electron chi connectivity index (χ1n) is 7.99. The normalized spacial score (nSPS) is 16.8. The minimum Gasteiger partial charge on any atom is -0.508 e. The standard InChI is InChI=1S/C19H23NO3/c1-13-4-3-5-15(14(13)2)10-17-12-20(8-9-21)18-7-6-16(22)11-19(18)23-17/h3-7,11,17,21-22H,8-10,12H2,1-2H3. The van der Waals surface area contributed by atoms with E-state index in [1.165, 1.54) is 16.7 Å². The number of β-amino-alcohol motifs (C(OH)–C–C–N with tert-alkyl or cyclic N) is 1. The van der Waals surface area contributed by atoms with Crippen molar-refractivity contribution in [3.8, 4) is 11.5 Å². The van der Waals surface area contributed by atoms with Gasteiger partial charge in [0.05, 0.1) is 18.8 Å². The lowest BCUT2D eigenvalue weighted by atomic mass is 9.97. The van der Waals surface area contributed by atoms with Gasteiger partial charge in [-0.05, 0) is 42.7 Å². The Bertz CT molecular complexity index is 699. The number of aromatic hydroxyl groups is 1. The van der Waals surface area contributed by atoms with Gasteiger partial charge in [-0.1, -0.05) is 18.2 Å². The molecule has 1 aliphatic rings. The highest BCUT2D eigenvalue weighted by Crippen LogP contribution is 2.36. The van der Waals surface area contributed by atoms with Crippen molar-refractivity contribution in [2.45, 2.75) is 26.4 Å². The van der Waals surface area contributed by atoms with E-state index in [1.54, 1.807) is 12.1 Å². The van der Waals surface area contributed by atoms with Crippen molar-refractivity contribution in [2.75, 3.05) is 24.6 Å². The average Bonchev–Trinajstić information content (AvgIpc) is 2.52. The largest absolute Gasteiger partial charge is 0.508 e. The van der Waals surface area contributed by atoms with E-state index in [-0.39, 0.29) is 18.5 Å². The van der Waals surface area contributed by atoms with Crippen molar-refractivity contribution in [3.63, 3.8) is 0 Å². The SMILES string of the molecule is Cc1cccc(CC2CN(CCO)c3ccc(O)cc3O2)c1C. The zero-order chi connectivity index (χ0) is 16.4. The topological polar surface area (TPSA) is 52.9 Å². The Morgan fingerprint density at radius 1 is 1.22 bits per heavy atom. The first-order chi connectivity index (χ1) is 11.1. The van der Waals surface area contributed by atoms with Gasteiger partial charge in [-0.25, -0.2) is 0 Å². The van der Waals surface area contributed by atoms with Crippen LogP contribution in [0, 0.1) is 13.8 Å². The minimum atomic E-state index is -0.00338. The molecule has 0 fully saturated rings. The van der Waals surface area contributed by atoms with Gasteiger partial charge in [-0.2, -0.15) is 0 Å². The zero-order valence-electron chi connectivity index (χ0n) is 13.6. The molecule has 0 saturated heterocycles. The number of aryl methyl sites for hydroxylation is 1. The maximum Gasteiger partial charge on any atom is 0.146 e. The number of benzene rings is 2. The van der Waals surface area contributed by atoms with Gasteiger partial charge in [0.25, 0.3) is 0 Å². The van der Waals surface area contributed by atoms with Crippen LogP contribution in [0.2, 0.25) is 0 Å². The van der Waals surface area contributed by atoms with Gasteiger partial charge in [0.15, 0.2) is 0 Å². The lowest BCUT2D eigenvalue weighted by Crippen LogP contribution is -2.42. The Morgan fingerprint density at radius 2 is 2.04 bits per heavy atom. The van der Waals surface area contributed by atoms with Gasteiger partial charge in [0.1, 0.15) is 17.6 Å². The van der Waals surface area contributed by atoms with E-state index in [2.05, 4.69) is 36.9 Å². The van der Waals surface area contributed by atoms with Crippen molar-refractivity contribution in [3.05, 3.63) is 53.1 Å². The van der Waals surface area contributed by atoms with Crippen LogP contribution in [0.15, 0.2) is 36.4 Å². The number of ether oxygens (including phenoxy) is 1. The third-order valence-corrected chi connectivity index (χ3v) is 4.54. The summed E-state index contributed by atoms with van der Waals surface area (Å²) in [6.07, 6.45) is 0.807. The number of nitrogens with zero attached hydrogens (tertiary/aromatic N) is 1. The highest BCUT2D eigenvalue weighted by atomic mass is 16.5. The van der Waals surface area contributed by atoms with Crippen LogP contribution >= 0.6 is 0 Å². The summed E-state index contributed by atoms with van der Waals surface area (Å²) in [6.45, 7) is 5.64. The van der Waals surface area contributed by atoms with Gasteiger partial charge in [0.2, 0.25) is 0 Å². The van der Waals surface area contributed by atoms with E-state index in [9.17, 15) is 10.2 Å². The van der Waals surface area contributed by atoms with E-state index in [0.29, 0.717) is 12.3 Å². The van der Waals surface area contributed by atoms with Gasteiger partial charge in [0, 0.05) is 19.0 Å². The van der Waals surface area contributed by atoms with E-state index in [4.69, 9.17) is 4.74 Å². The maximum absolute atomic E-state index is 9.71. The molecule has 0 saturated carbocycles. The molecule has 1 heterocycles. The third-order valence-electron chi connectivity index (χ3n) is 4.54. The number of anilines is 1. The van der Waals surface area contributed by atoms with Crippen LogP contribution in [0.25, 0.3) is 0 Å². The highest BCUT2D eigenvalue weighted by molar-refractivity contribution is 5.62. The molecule has 122 valence electrons. The molecule has 4 nitrogen and oxygen atoms in total. The van der Waals surface area contributed by atoms with Crippen molar-refractivity contribution in [2.24, 2.45) is 0 Å². The third kappa shape index (κ3) is 3.27. The molecule has 1 atom stereocenters. The van der Waals surface area contributed by atoms with E-state index in [0.717, 1.165) is 18.7 Å². The van der Waals surface area contributed by atoms with E-state index < -0.39 is 0 Å². The summed E-state index contributed by atoms with van der Waals surface area (Å²) < 4.78 is 6.10. The van der Waals surface area contributed by atoms with Crippen molar-refractivity contribution < 1.29 is 14.9 Å². The van der Waals surface area contributed by atoms with Gasteiger partial charge in [-0.15, -0.1) is 0 Å². The lowest BCUT2D eigenvalue weighted by molar-refractivity contribution is 0.188. The van der Waals surface area contributed by atoms with Crippen LogP contribution in [0.5, 0.6) is 11.5 Å². The van der Waals surface area contributed by atoms with Crippen LogP contribution in [-0.2, 0) is 6.42 Å². The summed E-state index contributed by atoms with van der Waals surface area (Å²) in [7, 11) is 0. The first kappa shape index (κ1) is 15.7. The number of aliphatic hydroxyl groups excluding tert-OH is 1. The van der Waals surface area contributed by atoms with Crippen molar-refractivity contribution in [1.82, 2.24) is 0 Å². The number of fused-ring (bicyclic) bond motifs is 1. The molecule has 0 amide bonds. The van der Waals surface area contributed by atoms with Crippen LogP contribution in [0.1, 0.15) is 16.7 Å². The summed E-state index contributed by atoms with van der Waals surface area (Å²) in [5, 5.41) is 19.0. The monoisotopic (exact) mass is 313 g/mol. The van der Waals surface area contributed by atoms with Crippen molar-refractivity contribution in [1.29, 1.82) is 0 Å². The fourth-order valence-electron chi connectivity index (χ4n) is 3.14. The average molecular weight is 313 g/mol. The number of aliphatic hydroxyl groups is 1. The lowest BCUT2D eigenvalue weighted by Gasteiger charge is -2.36. The molecular weight excluding hydrogens is 290 g/mol. The predicted molar refractivity (Wildman–Crippen MR) is 91.4 cm³/mol. The molecule has 0 aliphatic carbocycles. The molecule has 4 heteroatoms. The Balaban J connectivity index is 1.86. The highest BCUT2D eigenvalue weighted by Gasteiger charge is 2.26. The number of rotatable bonds is 4. The molecular formula is C19H23NO3. The van der Waals surface area contributed by atoms with E-state index >= 15 is 0 Å². The zero-order valence-corrected chi connectivity index (χ0v) is 13.6. The van der Waals surface area contributed by atoms with E-state index in [1.807, 2.05) is 6.07 Å². The molecule has 2 aromatic carbocycles. The van der Waals surface area contributed by atoms with Crippen LogP contribution in [-0.4, -0.2) is 36.0 Å². The molecule has 0 aromatic heterocycles. The number of hydrogen-bond donors (Lipinski definition) is 2. The Labute approximate surface area is 136 Å². The van der Waals surface area contributed by atoms with Gasteiger partial charge in [-0.3, -0.25) is 0 Å². The van der Waals surface area contributed by atoms with Crippen LogP contribution < -0.4 is 9.64 Å². The minimum absolute atomic E-state index is 0.00338. The Hall–Kier alpha value is -2.20. The Kier molecular flexibility index (Phi) is 4.44. The maximum atomic E-state index is 9.71. The van der Waals surface area contributed by atoms with Crippen LogP contribution in [0.3, 0.4) is 0 Å². The molecule has 1 aliphatic heterocycles. The second-order valence-corrected chi connectivity index (χ2v) is 6.12. The molecule has 0 bridgehead atoms. The quantitative estimate of drug-likeness (QED) is 0.911. The van der Waals surface area contributed by atoms with Crippen molar-refractivity contribution >= 4 is 5.69 Å². The summed E-state index contributed by atoms with van der Waals surface area (Å²) in [6, 6.07) is 11.5. The molecule has 1 unspecified atom stereocenters. The smallest absolute Gasteiger partial charge is 0.146 e. The molecule has 0 spiro atoms. The first-order valence-corrected chi connectivity index (χ1v) is 7.99. The summed E-state index contributed by atoms with van der Waals surface area (Å²) in [5.74, 6) is 0.875. The second-order valence-electron chi connectivity index (χ2n) is 6.12. The molecule has 23 heavy (non-hydrogen) atoms. The molecule has 2 aromatic rings. The predicted octanol–water partition coefficient (Wildman–Crippen LogP) is 2.81. The number of hydrogen-bond acceptors (Lipinski definition) is 4. The summed E-state index contributed by atoms with van der Waals surface area (Å²) >= 11 is 0. The van der Waals surface area contributed by atoms with Gasteiger partial charge >= 0.3 is 0 Å². The fraction of sp³-hybridized carbons (Fsp3) is 0.368. The molecule has 0 radical (unpaired) electrons. The van der Waals surface area contributed by atoms with Gasteiger partial charge < -0.3 is 19.8 Å². The summed E-state index contributed by atoms with van der Waals surface area (Å²) in [4.78, 5) is 2.12. The number of phenolic OH excluding ortho intramolecular Hbond substituents is 1. The Morgan fingerprint density at radius 3 is 2.83 bits per heavy atom. The van der Waals surface area contributed by atoms with Crippen LogP contribution in [0.4, 0.5) is 5.69 Å².